The number of likely N-dealkylation sites (tertiary alicyclic amines) is 1. The monoisotopic (exact) mass is 374 g/mol. The molecule has 1 fully saturated rings. The van der Waals surface area contributed by atoms with Crippen LogP contribution in [0.3, 0.4) is 0 Å². The molecule has 2 rings (SSSR count). The SMILES string of the molecule is CCN1CCC(CNC(=NC)NCc2cc(Cl)ccc2OC(F)F)C1. The van der Waals surface area contributed by atoms with Crippen LogP contribution in [0.4, 0.5) is 8.78 Å². The fraction of sp³-hybridized carbons (Fsp3) is 0.588. The molecule has 1 aromatic carbocycles. The Kier molecular flexibility index (Phi) is 7.71. The van der Waals surface area contributed by atoms with Crippen molar-refractivity contribution in [2.45, 2.75) is 26.5 Å². The van der Waals surface area contributed by atoms with Gasteiger partial charge in [-0.25, -0.2) is 0 Å². The maximum atomic E-state index is 12.5. The number of nitrogens with zero attached hydrogens (tertiary/aromatic N) is 2. The summed E-state index contributed by atoms with van der Waals surface area (Å²) < 4.78 is 29.5. The number of benzene rings is 1. The summed E-state index contributed by atoms with van der Waals surface area (Å²) in [5, 5.41) is 6.87. The van der Waals surface area contributed by atoms with E-state index in [1.807, 2.05) is 0 Å². The predicted octanol–water partition coefficient (Wildman–Crippen LogP) is 2.95. The van der Waals surface area contributed by atoms with Crippen molar-refractivity contribution in [2.75, 3.05) is 33.2 Å². The summed E-state index contributed by atoms with van der Waals surface area (Å²) in [7, 11) is 1.68. The zero-order chi connectivity index (χ0) is 18.2. The standard InChI is InChI=1S/C17H25ClF2N4O/c1-3-24-7-6-12(11-24)9-22-17(21-2)23-10-13-8-14(18)4-5-15(13)25-16(19)20/h4-5,8,12,16H,3,6-7,9-11H2,1-2H3,(H2,21,22,23). The lowest BCUT2D eigenvalue weighted by molar-refractivity contribution is -0.0504. The highest BCUT2D eigenvalue weighted by atomic mass is 35.5. The number of halogens is 3. The third kappa shape index (κ3) is 6.32. The molecule has 0 saturated carbocycles. The molecule has 1 aliphatic rings. The van der Waals surface area contributed by atoms with Gasteiger partial charge in [0.1, 0.15) is 5.75 Å². The van der Waals surface area contributed by atoms with Crippen LogP contribution in [0.25, 0.3) is 0 Å². The summed E-state index contributed by atoms with van der Waals surface area (Å²) >= 11 is 5.96. The largest absolute Gasteiger partial charge is 0.434 e. The molecular weight excluding hydrogens is 350 g/mol. The van der Waals surface area contributed by atoms with Crippen molar-refractivity contribution in [1.82, 2.24) is 15.5 Å². The Morgan fingerprint density at radius 1 is 1.44 bits per heavy atom. The Balaban J connectivity index is 1.87. The molecule has 0 bridgehead atoms. The van der Waals surface area contributed by atoms with Crippen molar-refractivity contribution in [2.24, 2.45) is 10.9 Å². The van der Waals surface area contributed by atoms with Gasteiger partial charge in [-0.05, 0) is 43.6 Å². The highest BCUT2D eigenvalue weighted by Crippen LogP contribution is 2.24. The lowest BCUT2D eigenvalue weighted by Crippen LogP contribution is -2.40. The minimum absolute atomic E-state index is 0.108. The summed E-state index contributed by atoms with van der Waals surface area (Å²) in [5.41, 5.74) is 0.550. The third-order valence-electron chi connectivity index (χ3n) is 4.28. The van der Waals surface area contributed by atoms with E-state index in [9.17, 15) is 8.78 Å². The Bertz CT molecular complexity index is 586. The number of rotatable bonds is 7. The molecule has 1 saturated heterocycles. The van der Waals surface area contributed by atoms with Crippen LogP contribution in [0.1, 0.15) is 18.9 Å². The van der Waals surface area contributed by atoms with E-state index in [-0.39, 0.29) is 12.3 Å². The van der Waals surface area contributed by atoms with Gasteiger partial charge in [-0.1, -0.05) is 18.5 Å². The van der Waals surface area contributed by atoms with Gasteiger partial charge < -0.3 is 20.3 Å². The molecule has 1 unspecified atom stereocenters. The molecule has 140 valence electrons. The third-order valence-corrected chi connectivity index (χ3v) is 4.52. The summed E-state index contributed by atoms with van der Waals surface area (Å²) in [6, 6.07) is 4.57. The van der Waals surface area contributed by atoms with Crippen LogP contribution in [0, 0.1) is 5.92 Å². The van der Waals surface area contributed by atoms with Gasteiger partial charge in [0.05, 0.1) is 0 Å². The fourth-order valence-corrected chi connectivity index (χ4v) is 3.10. The summed E-state index contributed by atoms with van der Waals surface area (Å²) in [5.74, 6) is 1.32. The van der Waals surface area contributed by atoms with Crippen LogP contribution < -0.4 is 15.4 Å². The molecule has 0 spiro atoms. The normalized spacial score (nSPS) is 18.6. The van der Waals surface area contributed by atoms with Gasteiger partial charge in [-0.2, -0.15) is 8.78 Å². The lowest BCUT2D eigenvalue weighted by atomic mass is 10.1. The molecule has 1 aromatic rings. The second-order valence-corrected chi connectivity index (χ2v) is 6.42. The molecule has 0 radical (unpaired) electrons. The zero-order valence-corrected chi connectivity index (χ0v) is 15.3. The summed E-state index contributed by atoms with van der Waals surface area (Å²) in [4.78, 5) is 6.59. The Labute approximate surface area is 152 Å². The average Bonchev–Trinajstić information content (AvgIpc) is 3.05. The molecule has 0 amide bonds. The molecule has 5 nitrogen and oxygen atoms in total. The Morgan fingerprint density at radius 3 is 2.88 bits per heavy atom. The molecule has 0 aliphatic carbocycles. The van der Waals surface area contributed by atoms with Gasteiger partial charge >= 0.3 is 6.61 Å². The molecule has 1 aliphatic heterocycles. The molecule has 1 heterocycles. The highest BCUT2D eigenvalue weighted by molar-refractivity contribution is 6.30. The zero-order valence-electron chi connectivity index (χ0n) is 14.6. The van der Waals surface area contributed by atoms with E-state index in [1.54, 1.807) is 13.1 Å². The number of hydrogen-bond donors (Lipinski definition) is 2. The van der Waals surface area contributed by atoms with Gasteiger partial charge in [-0.15, -0.1) is 0 Å². The minimum atomic E-state index is -2.87. The number of ether oxygens (including phenoxy) is 1. The molecule has 0 aromatic heterocycles. The predicted molar refractivity (Wildman–Crippen MR) is 96.5 cm³/mol. The molecular formula is C17H25ClF2N4O. The van der Waals surface area contributed by atoms with Crippen LogP contribution >= 0.6 is 11.6 Å². The van der Waals surface area contributed by atoms with E-state index in [1.165, 1.54) is 18.6 Å². The first-order valence-electron chi connectivity index (χ1n) is 8.42. The van der Waals surface area contributed by atoms with E-state index >= 15 is 0 Å². The second-order valence-electron chi connectivity index (χ2n) is 5.99. The number of alkyl halides is 2. The van der Waals surface area contributed by atoms with Crippen molar-refractivity contribution >= 4 is 17.6 Å². The second kappa shape index (κ2) is 9.77. The van der Waals surface area contributed by atoms with Crippen LogP contribution in [0.2, 0.25) is 5.02 Å². The molecule has 1 atom stereocenters. The first-order valence-corrected chi connectivity index (χ1v) is 8.79. The van der Waals surface area contributed by atoms with E-state index in [4.69, 9.17) is 11.6 Å². The van der Waals surface area contributed by atoms with E-state index in [0.717, 1.165) is 26.2 Å². The first-order chi connectivity index (χ1) is 12.0. The van der Waals surface area contributed by atoms with E-state index in [0.29, 0.717) is 22.5 Å². The molecule has 25 heavy (non-hydrogen) atoms. The maximum Gasteiger partial charge on any atom is 0.387 e. The molecule has 8 heteroatoms. The number of hydrogen-bond acceptors (Lipinski definition) is 3. The van der Waals surface area contributed by atoms with Gasteiger partial charge in [0, 0.05) is 37.3 Å². The average molecular weight is 375 g/mol. The highest BCUT2D eigenvalue weighted by Gasteiger charge is 2.21. The quantitative estimate of drug-likeness (QED) is 0.569. The number of aliphatic imine (C=N–C) groups is 1. The van der Waals surface area contributed by atoms with E-state index in [2.05, 4.69) is 32.2 Å². The van der Waals surface area contributed by atoms with Crippen molar-refractivity contribution in [1.29, 1.82) is 0 Å². The maximum absolute atomic E-state index is 12.5. The van der Waals surface area contributed by atoms with Crippen LogP contribution in [0.5, 0.6) is 5.75 Å². The Morgan fingerprint density at radius 2 is 2.24 bits per heavy atom. The number of nitrogens with one attached hydrogen (secondary N) is 2. The summed E-state index contributed by atoms with van der Waals surface area (Å²) in [6.07, 6.45) is 1.17. The van der Waals surface area contributed by atoms with E-state index < -0.39 is 6.61 Å². The first kappa shape index (κ1) is 19.7. The topological polar surface area (TPSA) is 48.9 Å². The van der Waals surface area contributed by atoms with Gasteiger partial charge in [0.25, 0.3) is 0 Å². The van der Waals surface area contributed by atoms with Gasteiger partial charge in [0.15, 0.2) is 5.96 Å². The van der Waals surface area contributed by atoms with Crippen molar-refractivity contribution in [3.8, 4) is 5.75 Å². The van der Waals surface area contributed by atoms with Crippen LogP contribution in [-0.4, -0.2) is 50.7 Å². The van der Waals surface area contributed by atoms with Crippen LogP contribution in [0.15, 0.2) is 23.2 Å². The van der Waals surface area contributed by atoms with Crippen molar-refractivity contribution in [3.63, 3.8) is 0 Å². The number of guanidine groups is 1. The van der Waals surface area contributed by atoms with Crippen molar-refractivity contribution < 1.29 is 13.5 Å². The Hall–Kier alpha value is -1.60. The minimum Gasteiger partial charge on any atom is -0.434 e. The lowest BCUT2D eigenvalue weighted by Gasteiger charge is -2.17. The van der Waals surface area contributed by atoms with Gasteiger partial charge in [-0.3, -0.25) is 4.99 Å². The van der Waals surface area contributed by atoms with Crippen LogP contribution in [-0.2, 0) is 6.54 Å². The smallest absolute Gasteiger partial charge is 0.387 e. The van der Waals surface area contributed by atoms with Gasteiger partial charge in [0.2, 0.25) is 0 Å². The fourth-order valence-electron chi connectivity index (χ4n) is 2.90. The van der Waals surface area contributed by atoms with Crippen molar-refractivity contribution in [3.05, 3.63) is 28.8 Å². The summed E-state index contributed by atoms with van der Waals surface area (Å²) in [6.45, 7) is 3.69. The molecule has 2 N–H and O–H groups in total.